The molecule has 1 heterocycles. The summed E-state index contributed by atoms with van der Waals surface area (Å²) in [5, 5.41) is 0.788. The van der Waals surface area contributed by atoms with Crippen LogP contribution in [0.1, 0.15) is 31.1 Å². The highest BCUT2D eigenvalue weighted by Gasteiger charge is 2.20. The van der Waals surface area contributed by atoms with Crippen LogP contribution in [0.4, 0.5) is 0 Å². The van der Waals surface area contributed by atoms with Crippen molar-refractivity contribution in [3.05, 3.63) is 64.4 Å². The molecule has 1 aromatic heterocycles. The lowest BCUT2D eigenvalue weighted by Crippen LogP contribution is -2.24. The Labute approximate surface area is 178 Å². The quantitative estimate of drug-likeness (QED) is 0.287. The summed E-state index contributed by atoms with van der Waals surface area (Å²) in [7, 11) is 0. The van der Waals surface area contributed by atoms with Crippen LogP contribution in [-0.4, -0.2) is 27.2 Å². The van der Waals surface area contributed by atoms with Crippen LogP contribution in [0.15, 0.2) is 58.5 Å². The van der Waals surface area contributed by atoms with Crippen molar-refractivity contribution in [2.24, 2.45) is 0 Å². The summed E-state index contributed by atoms with van der Waals surface area (Å²) in [5.74, 6) is 0.735. The van der Waals surface area contributed by atoms with E-state index in [9.17, 15) is 9.59 Å². The molecule has 0 aliphatic heterocycles. The molecule has 0 aliphatic carbocycles. The number of benzene rings is 2. The van der Waals surface area contributed by atoms with E-state index in [4.69, 9.17) is 4.74 Å². The van der Waals surface area contributed by atoms with Crippen LogP contribution >= 0.6 is 28.7 Å². The number of carbonyl (C=O) groups excluding carboxylic acids is 1. The van der Waals surface area contributed by atoms with E-state index in [1.54, 1.807) is 34.9 Å². The number of Topliss-reactive ketones (excluding diaryl/α,β-unsaturated/α-hetero) is 1. The number of fused-ring (bicyclic) bond motifs is 1. The Hall–Kier alpha value is -2.12. The lowest BCUT2D eigenvalue weighted by atomic mass is 10.1. The molecule has 3 rings (SSSR count). The monoisotopic (exact) mass is 462 g/mol. The highest BCUT2D eigenvalue weighted by atomic mass is 79.9. The third kappa shape index (κ3) is 4.64. The number of hydrogen-bond donors (Lipinski definition) is 0. The largest absolute Gasteiger partial charge is 0.494 e. The Morgan fingerprint density at radius 2 is 1.82 bits per heavy atom. The van der Waals surface area contributed by atoms with Crippen LogP contribution in [0.3, 0.4) is 0 Å². The predicted molar refractivity (Wildman–Crippen MR) is 119 cm³/mol. The van der Waals surface area contributed by atoms with Gasteiger partial charge < -0.3 is 4.74 Å². The maximum absolute atomic E-state index is 12.8. The van der Waals surface area contributed by atoms with Crippen LogP contribution < -0.4 is 10.3 Å². The van der Waals surface area contributed by atoms with E-state index < -0.39 is 0 Å². The van der Waals surface area contributed by atoms with Gasteiger partial charge in [0.1, 0.15) is 5.75 Å². The van der Waals surface area contributed by atoms with Gasteiger partial charge in [-0.05, 0) is 57.2 Å². The summed E-state index contributed by atoms with van der Waals surface area (Å²) in [6, 6.07) is 14.4. The van der Waals surface area contributed by atoms with Crippen molar-refractivity contribution >= 4 is 45.4 Å². The first-order chi connectivity index (χ1) is 13.0. The number of ketones is 1. The molecule has 28 heavy (non-hydrogen) atoms. The number of halogens is 1. The first-order valence-corrected chi connectivity index (χ1v) is 9.86. The van der Waals surface area contributed by atoms with E-state index in [0.29, 0.717) is 34.8 Å². The molecular formula is C21H23BrN2O3S. The van der Waals surface area contributed by atoms with Gasteiger partial charge in [0.25, 0.3) is 5.56 Å². The lowest BCUT2D eigenvalue weighted by Gasteiger charge is -2.15. The molecule has 1 unspecified atom stereocenters. The molecule has 0 aliphatic rings. The molecule has 0 radical (unpaired) electrons. The van der Waals surface area contributed by atoms with Gasteiger partial charge in [0.2, 0.25) is 0 Å². The molecule has 3 aromatic rings. The van der Waals surface area contributed by atoms with Crippen LogP contribution in [0.2, 0.25) is 0 Å². The molecule has 2 aromatic carbocycles. The van der Waals surface area contributed by atoms with Crippen molar-refractivity contribution < 1.29 is 9.53 Å². The predicted octanol–water partition coefficient (Wildman–Crippen LogP) is 4.76. The number of para-hydroxylation sites is 1. The maximum Gasteiger partial charge on any atom is 0.262 e. The van der Waals surface area contributed by atoms with Gasteiger partial charge in [0.15, 0.2) is 10.9 Å². The average Bonchev–Trinajstić information content (AvgIpc) is 2.68. The van der Waals surface area contributed by atoms with E-state index in [2.05, 4.69) is 4.98 Å². The van der Waals surface area contributed by atoms with Crippen LogP contribution in [0.25, 0.3) is 10.9 Å². The summed E-state index contributed by atoms with van der Waals surface area (Å²) in [6.07, 6.45) is 0. The topological polar surface area (TPSA) is 61.2 Å². The van der Waals surface area contributed by atoms with Crippen molar-refractivity contribution in [1.82, 2.24) is 9.55 Å². The maximum atomic E-state index is 12.8. The Morgan fingerprint density at radius 1 is 1.14 bits per heavy atom. The molecule has 148 valence electrons. The SMILES string of the molecule is Br.CCOc1ccc(C(=O)C(C)Sc2nc3ccccc3c(=O)n2CC)cc1. The second kappa shape index (κ2) is 9.89. The third-order valence-corrected chi connectivity index (χ3v) is 5.33. The molecule has 7 heteroatoms. The van der Waals surface area contributed by atoms with E-state index in [1.165, 1.54) is 11.8 Å². The Kier molecular flexibility index (Phi) is 7.83. The summed E-state index contributed by atoms with van der Waals surface area (Å²) in [4.78, 5) is 30.1. The van der Waals surface area contributed by atoms with Crippen LogP contribution in [0.5, 0.6) is 5.75 Å². The first-order valence-electron chi connectivity index (χ1n) is 8.98. The lowest BCUT2D eigenvalue weighted by molar-refractivity contribution is 0.0994. The van der Waals surface area contributed by atoms with Gasteiger partial charge in [-0.2, -0.15) is 0 Å². The normalized spacial score (nSPS) is 11.7. The third-order valence-electron chi connectivity index (χ3n) is 4.24. The van der Waals surface area contributed by atoms with Gasteiger partial charge in [0.05, 0.1) is 22.8 Å². The average molecular weight is 463 g/mol. The molecule has 0 spiro atoms. The highest BCUT2D eigenvalue weighted by Crippen LogP contribution is 2.25. The Morgan fingerprint density at radius 3 is 2.46 bits per heavy atom. The minimum absolute atomic E-state index is 0. The number of rotatable bonds is 7. The number of carbonyl (C=O) groups is 1. The second-order valence-electron chi connectivity index (χ2n) is 6.04. The first kappa shape index (κ1) is 22.2. The summed E-state index contributed by atoms with van der Waals surface area (Å²) >= 11 is 1.31. The van der Waals surface area contributed by atoms with E-state index in [1.807, 2.05) is 39.0 Å². The van der Waals surface area contributed by atoms with Crippen LogP contribution in [-0.2, 0) is 6.54 Å². The fourth-order valence-electron chi connectivity index (χ4n) is 2.84. The minimum Gasteiger partial charge on any atom is -0.494 e. The number of ether oxygens (including phenoxy) is 1. The van der Waals surface area contributed by atoms with Crippen molar-refractivity contribution in [2.75, 3.05) is 6.61 Å². The van der Waals surface area contributed by atoms with Crippen LogP contribution in [0, 0.1) is 0 Å². The fourth-order valence-corrected chi connectivity index (χ4v) is 3.89. The fraction of sp³-hybridized carbons (Fsp3) is 0.286. The molecule has 0 bridgehead atoms. The Bertz CT molecular complexity index is 1020. The molecule has 5 nitrogen and oxygen atoms in total. The standard InChI is InChI=1S/C21H22N2O3S.BrH/c1-4-23-20(25)17-8-6-7-9-18(17)22-21(23)27-14(3)19(24)15-10-12-16(13-11-15)26-5-2;/h6-14H,4-5H2,1-3H3;1H. The number of nitrogens with zero attached hydrogens (tertiary/aromatic N) is 2. The van der Waals surface area contributed by atoms with Gasteiger partial charge in [-0.1, -0.05) is 23.9 Å². The van der Waals surface area contributed by atoms with Crippen molar-refractivity contribution in [2.45, 2.75) is 37.7 Å². The van der Waals surface area contributed by atoms with Gasteiger partial charge in [-0.15, -0.1) is 17.0 Å². The molecule has 0 saturated carbocycles. The minimum atomic E-state index is -0.367. The van der Waals surface area contributed by atoms with Crippen molar-refractivity contribution in [3.63, 3.8) is 0 Å². The molecule has 0 amide bonds. The van der Waals surface area contributed by atoms with E-state index in [0.717, 1.165) is 5.75 Å². The van der Waals surface area contributed by atoms with Crippen molar-refractivity contribution in [1.29, 1.82) is 0 Å². The molecular weight excluding hydrogens is 440 g/mol. The van der Waals surface area contributed by atoms with Gasteiger partial charge in [-0.25, -0.2) is 4.98 Å². The summed E-state index contributed by atoms with van der Waals surface area (Å²) in [5.41, 5.74) is 1.19. The zero-order valence-corrected chi connectivity index (χ0v) is 18.6. The van der Waals surface area contributed by atoms with Crippen molar-refractivity contribution in [3.8, 4) is 5.75 Å². The molecule has 1 atom stereocenters. The molecule has 0 saturated heterocycles. The summed E-state index contributed by atoms with van der Waals surface area (Å²) in [6.45, 7) is 6.75. The molecule has 0 fully saturated rings. The second-order valence-corrected chi connectivity index (χ2v) is 7.35. The number of aromatic nitrogens is 2. The summed E-state index contributed by atoms with van der Waals surface area (Å²) < 4.78 is 7.04. The molecule has 0 N–H and O–H groups in total. The number of hydrogen-bond acceptors (Lipinski definition) is 5. The zero-order valence-electron chi connectivity index (χ0n) is 16.0. The smallest absolute Gasteiger partial charge is 0.262 e. The number of thioether (sulfide) groups is 1. The zero-order chi connectivity index (χ0) is 19.4. The highest BCUT2D eigenvalue weighted by molar-refractivity contribution is 8.93. The Balaban J connectivity index is 0.00000280. The van der Waals surface area contributed by atoms with Gasteiger partial charge in [0, 0.05) is 12.1 Å². The van der Waals surface area contributed by atoms with E-state index >= 15 is 0 Å². The van der Waals surface area contributed by atoms with Gasteiger partial charge >= 0.3 is 0 Å². The van der Waals surface area contributed by atoms with E-state index in [-0.39, 0.29) is 33.6 Å². The van der Waals surface area contributed by atoms with Gasteiger partial charge in [-0.3, -0.25) is 14.2 Å².